The summed E-state index contributed by atoms with van der Waals surface area (Å²) in [5.41, 5.74) is 25.6. The lowest BCUT2D eigenvalue weighted by atomic mass is 9.33. The molecule has 0 saturated carbocycles. The Bertz CT molecular complexity index is 3600. The molecular weight excluding hydrogens is 856 g/mol. The van der Waals surface area contributed by atoms with Crippen molar-refractivity contribution in [3.8, 4) is 55.6 Å². The molecule has 0 unspecified atom stereocenters. The van der Waals surface area contributed by atoms with Gasteiger partial charge in [0.1, 0.15) is 0 Å². The van der Waals surface area contributed by atoms with Crippen molar-refractivity contribution in [1.29, 1.82) is 0 Å². The van der Waals surface area contributed by atoms with Gasteiger partial charge in [-0.1, -0.05) is 236 Å². The van der Waals surface area contributed by atoms with Crippen LogP contribution >= 0.6 is 0 Å². The number of anilines is 6. The number of fused-ring (bicyclic) bond motifs is 4. The molecule has 2 heterocycles. The molecule has 2 aliphatic rings. The van der Waals surface area contributed by atoms with E-state index in [0.717, 1.165) is 11.4 Å². The third-order valence-corrected chi connectivity index (χ3v) is 14.7. The van der Waals surface area contributed by atoms with Gasteiger partial charge in [0, 0.05) is 34.0 Å². The largest absolute Gasteiger partial charge is 0.311 e. The molecule has 0 radical (unpaired) electrons. The van der Waals surface area contributed by atoms with E-state index in [4.69, 9.17) is 0 Å². The lowest BCUT2D eigenvalue weighted by molar-refractivity contribution is 0.591. The molecule has 0 fully saturated rings. The van der Waals surface area contributed by atoms with E-state index in [1.165, 1.54) is 106 Å². The quantitative estimate of drug-likeness (QED) is 0.147. The summed E-state index contributed by atoms with van der Waals surface area (Å²) in [6, 6.07) is 88.3. The normalized spacial score (nSPS) is 12.8. The van der Waals surface area contributed by atoms with Crippen LogP contribution in [0.25, 0.3) is 55.6 Å². The predicted octanol–water partition coefficient (Wildman–Crippen LogP) is 16.7. The van der Waals surface area contributed by atoms with Gasteiger partial charge in [0.2, 0.25) is 0 Å². The van der Waals surface area contributed by atoms with Crippen molar-refractivity contribution >= 4 is 57.2 Å². The van der Waals surface area contributed by atoms with Crippen molar-refractivity contribution in [3.05, 3.63) is 248 Å². The van der Waals surface area contributed by atoms with Crippen LogP contribution in [-0.2, 0) is 10.8 Å². The second kappa shape index (κ2) is 17.4. The monoisotopic (exact) mass is 912 g/mol. The van der Waals surface area contributed by atoms with Gasteiger partial charge in [-0.2, -0.15) is 0 Å². The van der Waals surface area contributed by atoms with E-state index in [0.29, 0.717) is 0 Å². The van der Waals surface area contributed by atoms with Gasteiger partial charge in [-0.05, 0) is 131 Å². The van der Waals surface area contributed by atoms with Gasteiger partial charge in [-0.15, -0.1) is 0 Å². The molecule has 0 aliphatic carbocycles. The molecule has 0 N–H and O–H groups in total. The molecule has 10 aromatic rings. The Morgan fingerprint density at radius 2 is 0.676 bits per heavy atom. The highest BCUT2D eigenvalue weighted by Gasteiger charge is 2.44. The molecule has 0 bridgehead atoms. The molecule has 342 valence electrons. The minimum Gasteiger partial charge on any atom is -0.311 e. The topological polar surface area (TPSA) is 6.48 Å². The fourth-order valence-electron chi connectivity index (χ4n) is 11.4. The summed E-state index contributed by atoms with van der Waals surface area (Å²) in [6.07, 6.45) is 0. The molecule has 2 aliphatic heterocycles. The highest BCUT2D eigenvalue weighted by molar-refractivity contribution is 7.00. The maximum atomic E-state index is 2.58. The second-order valence-corrected chi connectivity index (χ2v) is 21.3. The molecule has 10 aromatic carbocycles. The van der Waals surface area contributed by atoms with E-state index in [1.807, 2.05) is 0 Å². The smallest absolute Gasteiger partial charge is 0.252 e. The summed E-state index contributed by atoms with van der Waals surface area (Å²) >= 11 is 0. The van der Waals surface area contributed by atoms with Crippen molar-refractivity contribution in [2.45, 2.75) is 52.4 Å². The number of hydrogen-bond acceptors (Lipinski definition) is 2. The Hall–Kier alpha value is -8.14. The van der Waals surface area contributed by atoms with Crippen LogP contribution < -0.4 is 26.2 Å². The predicted molar refractivity (Wildman–Crippen MR) is 305 cm³/mol. The highest BCUT2D eigenvalue weighted by Crippen LogP contribution is 2.49. The molecule has 0 saturated heterocycles. The summed E-state index contributed by atoms with van der Waals surface area (Å²) < 4.78 is 0. The second-order valence-electron chi connectivity index (χ2n) is 21.3. The third kappa shape index (κ3) is 7.78. The van der Waals surface area contributed by atoms with Gasteiger partial charge in [-0.3, -0.25) is 0 Å². The van der Waals surface area contributed by atoms with Crippen LogP contribution in [0.3, 0.4) is 0 Å². The fourth-order valence-corrected chi connectivity index (χ4v) is 11.4. The SMILES string of the molecule is CC(C)(C)c1ccccc1-c1ccc2c(c1)B1c3cc(-c4ccccc4C(C)(C)C)ccc3N(c3ccccc3-c3ccccc3)c3cc(-c4ccccc4)cc(c31)N2c1ccc(-c2ccccc2)cc1. The summed E-state index contributed by atoms with van der Waals surface area (Å²) in [7, 11) is 0. The Morgan fingerprint density at radius 3 is 1.20 bits per heavy atom. The van der Waals surface area contributed by atoms with Crippen molar-refractivity contribution in [2.75, 3.05) is 9.80 Å². The van der Waals surface area contributed by atoms with Gasteiger partial charge in [-0.25, -0.2) is 0 Å². The molecule has 0 atom stereocenters. The van der Waals surface area contributed by atoms with E-state index >= 15 is 0 Å². The van der Waals surface area contributed by atoms with Crippen molar-refractivity contribution < 1.29 is 0 Å². The van der Waals surface area contributed by atoms with Crippen LogP contribution in [0.1, 0.15) is 52.7 Å². The van der Waals surface area contributed by atoms with Gasteiger partial charge in [0.25, 0.3) is 6.71 Å². The van der Waals surface area contributed by atoms with E-state index in [-0.39, 0.29) is 17.5 Å². The first-order valence-electron chi connectivity index (χ1n) is 25.1. The standard InChI is InChI=1S/C68H57BN2/c1-67(2,3)57-31-19-16-28-54(57)50-36-40-62-59(42-50)69-60-43-51(55-29-17-20-32-58(55)68(4,5)6)37-41-63(60)71(61-33-21-18-30-56(61)49-26-14-9-15-27-49)65-45-52(47-24-12-8-13-25-47)44-64(66(65)69)70(62)53-38-34-48(35-39-53)46-22-10-7-11-23-46/h7-45H,1-6H3. The summed E-state index contributed by atoms with van der Waals surface area (Å²) in [4.78, 5) is 5.13. The molecule has 0 amide bonds. The van der Waals surface area contributed by atoms with E-state index in [9.17, 15) is 0 Å². The molecule has 12 rings (SSSR count). The first-order chi connectivity index (χ1) is 34.5. The van der Waals surface area contributed by atoms with Gasteiger partial charge in [0.05, 0.1) is 5.69 Å². The summed E-state index contributed by atoms with van der Waals surface area (Å²) in [6.45, 7) is 13.9. The van der Waals surface area contributed by atoms with E-state index in [1.54, 1.807) is 0 Å². The molecule has 0 aromatic heterocycles. The molecule has 3 heteroatoms. The van der Waals surface area contributed by atoms with Crippen molar-refractivity contribution in [3.63, 3.8) is 0 Å². The average molecular weight is 913 g/mol. The summed E-state index contributed by atoms with van der Waals surface area (Å²) in [5.74, 6) is 0. The van der Waals surface area contributed by atoms with Gasteiger partial charge >= 0.3 is 0 Å². The maximum Gasteiger partial charge on any atom is 0.252 e. The number of nitrogens with zero attached hydrogens (tertiary/aromatic N) is 2. The van der Waals surface area contributed by atoms with E-state index < -0.39 is 0 Å². The van der Waals surface area contributed by atoms with Crippen molar-refractivity contribution in [1.82, 2.24) is 0 Å². The number of hydrogen-bond donors (Lipinski definition) is 0. The lowest BCUT2D eigenvalue weighted by Crippen LogP contribution is -2.61. The van der Waals surface area contributed by atoms with Crippen LogP contribution in [0, 0.1) is 0 Å². The van der Waals surface area contributed by atoms with Crippen LogP contribution in [0.4, 0.5) is 34.1 Å². The first-order valence-corrected chi connectivity index (χ1v) is 25.1. The molecule has 0 spiro atoms. The highest BCUT2D eigenvalue weighted by atomic mass is 15.2. The minimum absolute atomic E-state index is 0.0495. The van der Waals surface area contributed by atoms with Crippen LogP contribution in [-0.4, -0.2) is 6.71 Å². The molecular formula is C68H57BN2. The summed E-state index contributed by atoms with van der Waals surface area (Å²) in [5, 5.41) is 0. The van der Waals surface area contributed by atoms with Gasteiger partial charge < -0.3 is 9.80 Å². The van der Waals surface area contributed by atoms with Crippen LogP contribution in [0.2, 0.25) is 0 Å². The zero-order valence-electron chi connectivity index (χ0n) is 41.5. The number of benzene rings is 10. The Kier molecular flexibility index (Phi) is 10.8. The Morgan fingerprint density at radius 1 is 0.282 bits per heavy atom. The van der Waals surface area contributed by atoms with Crippen LogP contribution in [0.5, 0.6) is 0 Å². The zero-order valence-corrected chi connectivity index (χ0v) is 41.5. The van der Waals surface area contributed by atoms with E-state index in [2.05, 4.69) is 288 Å². The number of para-hydroxylation sites is 1. The zero-order chi connectivity index (χ0) is 48.4. The Balaban J connectivity index is 1.20. The number of rotatable bonds is 7. The average Bonchev–Trinajstić information content (AvgIpc) is 3.41. The lowest BCUT2D eigenvalue weighted by Gasteiger charge is -2.45. The first kappa shape index (κ1) is 44.1. The molecule has 2 nitrogen and oxygen atoms in total. The fraction of sp³-hybridized carbons (Fsp3) is 0.118. The molecule has 71 heavy (non-hydrogen) atoms. The third-order valence-electron chi connectivity index (χ3n) is 14.7. The van der Waals surface area contributed by atoms with Crippen molar-refractivity contribution in [2.24, 2.45) is 0 Å². The Labute approximate surface area is 420 Å². The van der Waals surface area contributed by atoms with Crippen LogP contribution in [0.15, 0.2) is 237 Å². The minimum atomic E-state index is -0.0988. The van der Waals surface area contributed by atoms with Gasteiger partial charge in [0.15, 0.2) is 0 Å². The maximum absolute atomic E-state index is 2.58.